The SMILES string of the molecule is OC(c1ccccc1)C1NCCCC1c1ccccc1. The molecule has 0 amide bonds. The molecule has 1 fully saturated rings. The van der Waals surface area contributed by atoms with Crippen molar-refractivity contribution in [3.8, 4) is 0 Å². The molecular weight excluding hydrogens is 246 g/mol. The van der Waals surface area contributed by atoms with Gasteiger partial charge in [-0.05, 0) is 30.5 Å². The quantitative estimate of drug-likeness (QED) is 0.894. The summed E-state index contributed by atoms with van der Waals surface area (Å²) in [5.74, 6) is 0.375. The van der Waals surface area contributed by atoms with Crippen LogP contribution in [0.4, 0.5) is 0 Å². The molecule has 104 valence electrons. The number of nitrogens with one attached hydrogen (secondary N) is 1. The number of aliphatic hydroxyl groups excluding tert-OH is 1. The van der Waals surface area contributed by atoms with Crippen LogP contribution in [0.5, 0.6) is 0 Å². The predicted molar refractivity (Wildman–Crippen MR) is 81.6 cm³/mol. The summed E-state index contributed by atoms with van der Waals surface area (Å²) in [4.78, 5) is 0. The fraction of sp³-hybridized carbons (Fsp3) is 0.333. The zero-order valence-electron chi connectivity index (χ0n) is 11.6. The Morgan fingerprint density at radius 2 is 1.60 bits per heavy atom. The Morgan fingerprint density at radius 1 is 0.950 bits per heavy atom. The van der Waals surface area contributed by atoms with Gasteiger partial charge < -0.3 is 10.4 Å². The monoisotopic (exact) mass is 267 g/mol. The van der Waals surface area contributed by atoms with Gasteiger partial charge in [0.2, 0.25) is 0 Å². The molecule has 1 aliphatic rings. The highest BCUT2D eigenvalue weighted by molar-refractivity contribution is 5.26. The summed E-state index contributed by atoms with van der Waals surface area (Å²) in [5.41, 5.74) is 2.31. The first-order valence-corrected chi connectivity index (χ1v) is 7.37. The maximum atomic E-state index is 10.7. The van der Waals surface area contributed by atoms with Gasteiger partial charge in [-0.1, -0.05) is 60.7 Å². The van der Waals surface area contributed by atoms with Crippen LogP contribution in [-0.4, -0.2) is 17.7 Å². The van der Waals surface area contributed by atoms with Crippen LogP contribution in [-0.2, 0) is 0 Å². The maximum Gasteiger partial charge on any atom is 0.0948 e. The highest BCUT2D eigenvalue weighted by Crippen LogP contribution is 2.34. The molecular formula is C18H21NO. The van der Waals surface area contributed by atoms with Crippen molar-refractivity contribution in [1.82, 2.24) is 5.32 Å². The Labute approximate surface area is 120 Å². The second-order valence-electron chi connectivity index (χ2n) is 5.49. The minimum atomic E-state index is -0.457. The molecule has 1 heterocycles. The van der Waals surface area contributed by atoms with E-state index in [2.05, 4.69) is 29.6 Å². The highest BCUT2D eigenvalue weighted by Gasteiger charge is 2.32. The van der Waals surface area contributed by atoms with Crippen LogP contribution >= 0.6 is 0 Å². The van der Waals surface area contributed by atoms with E-state index in [-0.39, 0.29) is 6.04 Å². The lowest BCUT2D eigenvalue weighted by molar-refractivity contribution is 0.101. The molecule has 0 aliphatic carbocycles. The van der Waals surface area contributed by atoms with E-state index in [1.165, 1.54) is 5.56 Å². The van der Waals surface area contributed by atoms with Crippen LogP contribution in [0, 0.1) is 0 Å². The van der Waals surface area contributed by atoms with E-state index < -0.39 is 6.10 Å². The zero-order valence-corrected chi connectivity index (χ0v) is 11.6. The van der Waals surface area contributed by atoms with Crippen LogP contribution in [0.3, 0.4) is 0 Å². The van der Waals surface area contributed by atoms with Crippen molar-refractivity contribution in [3.05, 3.63) is 71.8 Å². The number of rotatable bonds is 3. The van der Waals surface area contributed by atoms with Gasteiger partial charge in [-0.3, -0.25) is 0 Å². The number of piperidine rings is 1. The fourth-order valence-electron chi connectivity index (χ4n) is 3.18. The summed E-state index contributed by atoms with van der Waals surface area (Å²) in [5, 5.41) is 14.2. The Balaban J connectivity index is 1.86. The Morgan fingerprint density at radius 3 is 2.30 bits per heavy atom. The Kier molecular flexibility index (Phi) is 4.14. The van der Waals surface area contributed by atoms with Gasteiger partial charge in [0.15, 0.2) is 0 Å². The van der Waals surface area contributed by atoms with Gasteiger partial charge in [0.25, 0.3) is 0 Å². The number of hydrogen-bond donors (Lipinski definition) is 2. The van der Waals surface area contributed by atoms with Gasteiger partial charge in [-0.25, -0.2) is 0 Å². The van der Waals surface area contributed by atoms with Crippen LogP contribution < -0.4 is 5.32 Å². The van der Waals surface area contributed by atoms with Gasteiger partial charge in [0, 0.05) is 12.0 Å². The minimum absolute atomic E-state index is 0.0912. The molecule has 1 aliphatic heterocycles. The van der Waals surface area contributed by atoms with Gasteiger partial charge in [-0.2, -0.15) is 0 Å². The second-order valence-corrected chi connectivity index (χ2v) is 5.49. The van der Waals surface area contributed by atoms with Gasteiger partial charge in [0.1, 0.15) is 0 Å². The second kappa shape index (κ2) is 6.21. The molecule has 2 aromatic rings. The van der Waals surface area contributed by atoms with Crippen LogP contribution in [0.1, 0.15) is 36.0 Å². The standard InChI is InChI=1S/C18H21NO/c20-18(15-10-5-2-6-11-15)17-16(12-7-13-19-17)14-8-3-1-4-9-14/h1-6,8-11,16-20H,7,12-13H2. The van der Waals surface area contributed by atoms with Gasteiger partial charge in [0.05, 0.1) is 6.10 Å². The van der Waals surface area contributed by atoms with Gasteiger partial charge >= 0.3 is 0 Å². The average Bonchev–Trinajstić information content (AvgIpc) is 2.56. The highest BCUT2D eigenvalue weighted by atomic mass is 16.3. The van der Waals surface area contributed by atoms with Crippen LogP contribution in [0.15, 0.2) is 60.7 Å². The van der Waals surface area contributed by atoms with E-state index in [9.17, 15) is 5.11 Å². The number of hydrogen-bond acceptors (Lipinski definition) is 2. The first-order chi connectivity index (χ1) is 9.86. The summed E-state index contributed by atoms with van der Waals surface area (Å²) < 4.78 is 0. The first kappa shape index (κ1) is 13.3. The van der Waals surface area contributed by atoms with Crippen molar-refractivity contribution < 1.29 is 5.11 Å². The molecule has 2 N–H and O–H groups in total. The third-order valence-electron chi connectivity index (χ3n) is 4.21. The minimum Gasteiger partial charge on any atom is -0.387 e. The first-order valence-electron chi connectivity index (χ1n) is 7.37. The summed E-state index contributed by atoms with van der Waals surface area (Å²) in [6.07, 6.45) is 1.84. The zero-order chi connectivity index (χ0) is 13.8. The predicted octanol–water partition coefficient (Wildman–Crippen LogP) is 3.26. The molecule has 0 spiro atoms. The smallest absolute Gasteiger partial charge is 0.0948 e. The summed E-state index contributed by atoms with van der Waals surface area (Å²) >= 11 is 0. The molecule has 1 saturated heterocycles. The summed E-state index contributed by atoms with van der Waals surface area (Å²) in [7, 11) is 0. The lowest BCUT2D eigenvalue weighted by Crippen LogP contribution is -2.44. The van der Waals surface area contributed by atoms with E-state index in [4.69, 9.17) is 0 Å². The molecule has 0 saturated carbocycles. The Bertz CT molecular complexity index is 526. The third-order valence-corrected chi connectivity index (χ3v) is 4.21. The molecule has 3 unspecified atom stereocenters. The topological polar surface area (TPSA) is 32.3 Å². The molecule has 3 atom stereocenters. The molecule has 2 heteroatoms. The maximum absolute atomic E-state index is 10.7. The largest absolute Gasteiger partial charge is 0.387 e. The number of benzene rings is 2. The van der Waals surface area contributed by atoms with Crippen molar-refractivity contribution in [3.63, 3.8) is 0 Å². The molecule has 0 aromatic heterocycles. The normalized spacial score (nSPS) is 24.2. The lowest BCUT2D eigenvalue weighted by Gasteiger charge is -2.36. The van der Waals surface area contributed by atoms with E-state index in [1.54, 1.807) is 0 Å². The molecule has 0 bridgehead atoms. The average molecular weight is 267 g/mol. The third kappa shape index (κ3) is 2.77. The summed E-state index contributed by atoms with van der Waals surface area (Å²) in [6.45, 7) is 0.984. The summed E-state index contributed by atoms with van der Waals surface area (Å²) in [6, 6.07) is 20.6. The van der Waals surface area contributed by atoms with Crippen molar-refractivity contribution in [1.29, 1.82) is 0 Å². The van der Waals surface area contributed by atoms with Gasteiger partial charge in [-0.15, -0.1) is 0 Å². The van der Waals surface area contributed by atoms with Crippen LogP contribution in [0.2, 0.25) is 0 Å². The molecule has 3 rings (SSSR count). The fourth-order valence-corrected chi connectivity index (χ4v) is 3.18. The van der Waals surface area contributed by atoms with Crippen molar-refractivity contribution >= 4 is 0 Å². The van der Waals surface area contributed by atoms with Crippen LogP contribution in [0.25, 0.3) is 0 Å². The van der Waals surface area contributed by atoms with E-state index in [0.717, 1.165) is 24.9 Å². The van der Waals surface area contributed by atoms with Crippen molar-refractivity contribution in [2.45, 2.75) is 30.9 Å². The molecule has 20 heavy (non-hydrogen) atoms. The van der Waals surface area contributed by atoms with Crippen molar-refractivity contribution in [2.24, 2.45) is 0 Å². The molecule has 0 radical (unpaired) electrons. The Hall–Kier alpha value is -1.64. The van der Waals surface area contributed by atoms with E-state index in [1.807, 2.05) is 36.4 Å². The van der Waals surface area contributed by atoms with E-state index >= 15 is 0 Å². The lowest BCUT2D eigenvalue weighted by atomic mass is 9.80. The number of aliphatic hydroxyl groups is 1. The molecule has 2 aromatic carbocycles. The van der Waals surface area contributed by atoms with Crippen molar-refractivity contribution in [2.75, 3.05) is 6.54 Å². The molecule has 2 nitrogen and oxygen atoms in total. The van der Waals surface area contributed by atoms with E-state index in [0.29, 0.717) is 5.92 Å².